The van der Waals surface area contributed by atoms with E-state index in [1.165, 1.54) is 0 Å². The normalized spacial score (nSPS) is 14.1. The Morgan fingerprint density at radius 1 is 1.16 bits per heavy atom. The van der Waals surface area contributed by atoms with E-state index in [1.807, 2.05) is 18.2 Å². The molecule has 0 atom stereocenters. The minimum Gasteiger partial charge on any atom is -0.497 e. The first-order valence-electron chi connectivity index (χ1n) is 8.02. The number of amides is 1. The van der Waals surface area contributed by atoms with Gasteiger partial charge in [0.1, 0.15) is 11.5 Å². The highest BCUT2D eigenvalue weighted by molar-refractivity contribution is 5.95. The fourth-order valence-corrected chi connectivity index (χ4v) is 2.64. The fraction of sp³-hybridized carbons (Fsp3) is 0.333. The summed E-state index contributed by atoms with van der Waals surface area (Å²) in [5.41, 5.74) is 1.97. The number of hydrogen-bond acceptors (Lipinski definition) is 6. The molecule has 1 aliphatic heterocycles. The summed E-state index contributed by atoms with van der Waals surface area (Å²) in [5.74, 6) is 1.33. The summed E-state index contributed by atoms with van der Waals surface area (Å²) in [5, 5.41) is 3.23. The van der Waals surface area contributed by atoms with E-state index in [4.69, 9.17) is 14.2 Å². The molecule has 7 nitrogen and oxygen atoms in total. The Morgan fingerprint density at radius 3 is 2.68 bits per heavy atom. The van der Waals surface area contributed by atoms with Crippen molar-refractivity contribution in [2.45, 2.75) is 0 Å². The van der Waals surface area contributed by atoms with Crippen LogP contribution in [0.2, 0.25) is 0 Å². The van der Waals surface area contributed by atoms with Gasteiger partial charge in [-0.15, -0.1) is 0 Å². The third-order valence-electron chi connectivity index (χ3n) is 3.97. The third kappa shape index (κ3) is 4.00. The van der Waals surface area contributed by atoms with Gasteiger partial charge in [-0.2, -0.15) is 0 Å². The van der Waals surface area contributed by atoms with E-state index in [0.717, 1.165) is 5.69 Å². The van der Waals surface area contributed by atoms with Crippen LogP contribution in [0.4, 0.5) is 11.4 Å². The Labute approximate surface area is 146 Å². The Morgan fingerprint density at radius 2 is 1.96 bits per heavy atom. The molecule has 0 unspecified atom stereocenters. The Balaban J connectivity index is 1.81. The van der Waals surface area contributed by atoms with Crippen LogP contribution in [0.25, 0.3) is 0 Å². The molecule has 3 rings (SSSR count). The molecule has 0 saturated carbocycles. The van der Waals surface area contributed by atoms with Crippen LogP contribution in [0.15, 0.2) is 36.7 Å². The van der Waals surface area contributed by atoms with Crippen molar-refractivity contribution in [1.82, 2.24) is 9.88 Å². The van der Waals surface area contributed by atoms with Crippen LogP contribution < -0.4 is 14.8 Å². The zero-order chi connectivity index (χ0) is 17.6. The highest BCUT2D eigenvalue weighted by atomic mass is 16.5. The maximum Gasteiger partial charge on any atom is 0.255 e. The fourth-order valence-electron chi connectivity index (χ4n) is 2.64. The van der Waals surface area contributed by atoms with E-state index in [-0.39, 0.29) is 5.91 Å². The molecule has 0 radical (unpaired) electrons. The van der Waals surface area contributed by atoms with Crippen molar-refractivity contribution in [2.75, 3.05) is 45.8 Å². The molecule has 25 heavy (non-hydrogen) atoms. The number of ether oxygens (including phenoxy) is 3. The van der Waals surface area contributed by atoms with Crippen molar-refractivity contribution in [3.8, 4) is 11.5 Å². The molecule has 132 valence electrons. The van der Waals surface area contributed by atoms with Crippen LogP contribution >= 0.6 is 0 Å². The number of rotatable bonds is 5. The number of carbonyl (C=O) groups is 1. The lowest BCUT2D eigenvalue weighted by Gasteiger charge is -2.26. The highest BCUT2D eigenvalue weighted by Gasteiger charge is 2.19. The van der Waals surface area contributed by atoms with Crippen molar-refractivity contribution in [3.63, 3.8) is 0 Å². The highest BCUT2D eigenvalue weighted by Crippen LogP contribution is 2.31. The number of pyridine rings is 1. The summed E-state index contributed by atoms with van der Waals surface area (Å²) in [6.45, 7) is 2.33. The van der Waals surface area contributed by atoms with E-state index in [2.05, 4.69) is 10.3 Å². The van der Waals surface area contributed by atoms with Gasteiger partial charge in [-0.25, -0.2) is 0 Å². The molecule has 1 aliphatic rings. The number of hydrogen-bond donors (Lipinski definition) is 1. The molecule has 7 heteroatoms. The number of nitrogens with one attached hydrogen (secondary N) is 1. The van der Waals surface area contributed by atoms with E-state index < -0.39 is 0 Å². The lowest BCUT2D eigenvalue weighted by molar-refractivity contribution is 0.0302. The van der Waals surface area contributed by atoms with Crippen molar-refractivity contribution >= 4 is 17.3 Å². The molecule has 0 aliphatic carbocycles. The van der Waals surface area contributed by atoms with Gasteiger partial charge in [-0.05, 0) is 18.2 Å². The van der Waals surface area contributed by atoms with Crippen LogP contribution in [0, 0.1) is 0 Å². The topological polar surface area (TPSA) is 72.9 Å². The number of aromatic nitrogens is 1. The van der Waals surface area contributed by atoms with Crippen LogP contribution in [0.5, 0.6) is 11.5 Å². The lowest BCUT2D eigenvalue weighted by Crippen LogP contribution is -2.40. The molecule has 1 fully saturated rings. The van der Waals surface area contributed by atoms with Crippen molar-refractivity contribution in [2.24, 2.45) is 0 Å². The van der Waals surface area contributed by atoms with Gasteiger partial charge in [0.15, 0.2) is 0 Å². The number of morpholine rings is 1. The smallest absolute Gasteiger partial charge is 0.255 e. The Kier molecular flexibility index (Phi) is 5.35. The average Bonchev–Trinajstić information content (AvgIpc) is 2.68. The first-order valence-corrected chi connectivity index (χ1v) is 8.02. The molecule has 2 heterocycles. The Hall–Kier alpha value is -2.80. The van der Waals surface area contributed by atoms with Gasteiger partial charge in [0.05, 0.1) is 50.6 Å². The second-order valence-electron chi connectivity index (χ2n) is 5.56. The summed E-state index contributed by atoms with van der Waals surface area (Å²) in [6.07, 6.45) is 3.24. The van der Waals surface area contributed by atoms with E-state index >= 15 is 0 Å². The van der Waals surface area contributed by atoms with Crippen LogP contribution in [0.3, 0.4) is 0 Å². The van der Waals surface area contributed by atoms with Gasteiger partial charge in [-0.3, -0.25) is 9.78 Å². The van der Waals surface area contributed by atoms with E-state index in [0.29, 0.717) is 49.1 Å². The zero-order valence-corrected chi connectivity index (χ0v) is 14.3. The number of benzene rings is 1. The van der Waals surface area contributed by atoms with Crippen LogP contribution in [0.1, 0.15) is 10.4 Å². The molecule has 1 N–H and O–H groups in total. The maximum absolute atomic E-state index is 12.6. The largest absolute Gasteiger partial charge is 0.497 e. The standard InChI is InChI=1S/C18H21N3O4/c1-23-15-3-4-17(24-2)16(10-15)20-14-9-13(11-19-12-14)18(22)21-5-7-25-8-6-21/h3-4,9-12,20H,5-8H2,1-2H3. The van der Waals surface area contributed by atoms with Gasteiger partial charge in [-0.1, -0.05) is 0 Å². The van der Waals surface area contributed by atoms with Crippen molar-refractivity contribution < 1.29 is 19.0 Å². The minimum atomic E-state index is -0.0444. The first kappa shape index (κ1) is 17.0. The number of carbonyl (C=O) groups excluding carboxylic acids is 1. The monoisotopic (exact) mass is 343 g/mol. The van der Waals surface area contributed by atoms with Crippen molar-refractivity contribution in [1.29, 1.82) is 0 Å². The van der Waals surface area contributed by atoms with Crippen molar-refractivity contribution in [3.05, 3.63) is 42.2 Å². The van der Waals surface area contributed by atoms with Crippen LogP contribution in [-0.2, 0) is 4.74 Å². The first-order chi connectivity index (χ1) is 12.2. The minimum absolute atomic E-state index is 0.0444. The average molecular weight is 343 g/mol. The number of nitrogens with zero attached hydrogens (tertiary/aromatic N) is 2. The lowest BCUT2D eigenvalue weighted by atomic mass is 10.2. The predicted octanol–water partition coefficient (Wildman–Crippen LogP) is 2.31. The van der Waals surface area contributed by atoms with Gasteiger partial charge in [0, 0.05) is 25.4 Å². The third-order valence-corrected chi connectivity index (χ3v) is 3.97. The van der Waals surface area contributed by atoms with Gasteiger partial charge < -0.3 is 24.4 Å². The Bertz CT molecular complexity index is 745. The van der Waals surface area contributed by atoms with Gasteiger partial charge >= 0.3 is 0 Å². The second kappa shape index (κ2) is 7.85. The van der Waals surface area contributed by atoms with Crippen LogP contribution in [-0.4, -0.2) is 56.3 Å². The van der Waals surface area contributed by atoms with Gasteiger partial charge in [0.2, 0.25) is 0 Å². The number of methoxy groups -OCH3 is 2. The summed E-state index contributed by atoms with van der Waals surface area (Å²) in [6, 6.07) is 7.25. The number of anilines is 2. The summed E-state index contributed by atoms with van der Waals surface area (Å²) < 4.78 is 15.9. The molecule has 1 aromatic carbocycles. The van der Waals surface area contributed by atoms with Gasteiger partial charge in [0.25, 0.3) is 5.91 Å². The molecule has 2 aromatic rings. The molecule has 1 amide bonds. The molecule has 0 spiro atoms. The second-order valence-corrected chi connectivity index (χ2v) is 5.56. The molecular formula is C18H21N3O4. The molecule has 1 saturated heterocycles. The van der Waals surface area contributed by atoms with E-state index in [9.17, 15) is 4.79 Å². The van der Waals surface area contributed by atoms with E-state index in [1.54, 1.807) is 37.6 Å². The summed E-state index contributed by atoms with van der Waals surface area (Å²) in [4.78, 5) is 18.5. The predicted molar refractivity (Wildman–Crippen MR) is 93.8 cm³/mol. The molecular weight excluding hydrogens is 322 g/mol. The SMILES string of the molecule is COc1ccc(OC)c(Nc2cncc(C(=O)N3CCOCC3)c2)c1. The zero-order valence-electron chi connectivity index (χ0n) is 14.3. The summed E-state index contributed by atoms with van der Waals surface area (Å²) >= 11 is 0. The molecule has 1 aromatic heterocycles. The maximum atomic E-state index is 12.6. The summed E-state index contributed by atoms with van der Waals surface area (Å²) in [7, 11) is 3.21. The quantitative estimate of drug-likeness (QED) is 0.898. The molecule has 0 bridgehead atoms.